The Balaban J connectivity index is 1.50. The largest absolute Gasteiger partial charge is 0.389 e. The van der Waals surface area contributed by atoms with Gasteiger partial charge < -0.3 is 10.0 Å². The molecule has 140 valence electrons. The third-order valence-electron chi connectivity index (χ3n) is 5.82. The summed E-state index contributed by atoms with van der Waals surface area (Å²) < 4.78 is 13.4. The molecule has 2 heterocycles. The third-order valence-corrected chi connectivity index (χ3v) is 5.82. The predicted molar refractivity (Wildman–Crippen MR) is 102 cm³/mol. The molecule has 1 saturated heterocycles. The van der Waals surface area contributed by atoms with Gasteiger partial charge in [0.25, 0.3) is 0 Å². The SMILES string of the molecule is N#Cc1cc2c(nc1N1CCC(O)(Cc3cccc(F)c3)CC1)CCCC2. The number of nitriles is 1. The van der Waals surface area contributed by atoms with Crippen LogP contribution in [-0.2, 0) is 19.3 Å². The average Bonchev–Trinajstić information content (AvgIpc) is 2.67. The van der Waals surface area contributed by atoms with Gasteiger partial charge in [0.05, 0.1) is 11.2 Å². The van der Waals surface area contributed by atoms with E-state index in [1.807, 2.05) is 12.1 Å². The molecule has 0 spiro atoms. The van der Waals surface area contributed by atoms with E-state index >= 15 is 0 Å². The van der Waals surface area contributed by atoms with Crippen molar-refractivity contribution in [3.05, 3.63) is 58.5 Å². The molecule has 1 aromatic heterocycles. The number of piperidine rings is 1. The average molecular weight is 365 g/mol. The fraction of sp³-hybridized carbons (Fsp3) is 0.455. The number of aryl methyl sites for hydroxylation is 2. The molecule has 2 aromatic rings. The van der Waals surface area contributed by atoms with Crippen molar-refractivity contribution in [2.75, 3.05) is 18.0 Å². The van der Waals surface area contributed by atoms with Gasteiger partial charge in [-0.25, -0.2) is 9.37 Å². The van der Waals surface area contributed by atoms with E-state index in [0.717, 1.165) is 42.8 Å². The molecule has 1 aromatic carbocycles. The molecule has 5 heteroatoms. The molecule has 4 rings (SSSR count). The van der Waals surface area contributed by atoms with E-state index in [9.17, 15) is 14.8 Å². The smallest absolute Gasteiger partial charge is 0.146 e. The van der Waals surface area contributed by atoms with E-state index in [1.165, 1.54) is 17.7 Å². The molecule has 1 fully saturated rings. The Bertz CT molecular complexity index is 882. The zero-order valence-corrected chi connectivity index (χ0v) is 15.4. The molecular weight excluding hydrogens is 341 g/mol. The maximum absolute atomic E-state index is 13.4. The highest BCUT2D eigenvalue weighted by Gasteiger charge is 2.34. The lowest BCUT2D eigenvalue weighted by molar-refractivity contribution is 0.0164. The number of rotatable bonds is 3. The first-order chi connectivity index (χ1) is 13.1. The summed E-state index contributed by atoms with van der Waals surface area (Å²) in [6, 6.07) is 10.7. The second-order valence-electron chi connectivity index (χ2n) is 7.80. The van der Waals surface area contributed by atoms with Crippen molar-refractivity contribution < 1.29 is 9.50 Å². The zero-order chi connectivity index (χ0) is 18.9. The summed E-state index contributed by atoms with van der Waals surface area (Å²) >= 11 is 0. The molecular formula is C22H24FN3O. The van der Waals surface area contributed by atoms with E-state index < -0.39 is 5.60 Å². The van der Waals surface area contributed by atoms with Crippen molar-refractivity contribution >= 4 is 5.82 Å². The highest BCUT2D eigenvalue weighted by molar-refractivity contribution is 5.57. The summed E-state index contributed by atoms with van der Waals surface area (Å²) in [7, 11) is 0. The number of hydrogen-bond acceptors (Lipinski definition) is 4. The summed E-state index contributed by atoms with van der Waals surface area (Å²) in [4.78, 5) is 6.94. The van der Waals surface area contributed by atoms with E-state index in [-0.39, 0.29) is 5.82 Å². The van der Waals surface area contributed by atoms with Gasteiger partial charge in [-0.15, -0.1) is 0 Å². The molecule has 2 aliphatic rings. The molecule has 1 aliphatic heterocycles. The van der Waals surface area contributed by atoms with Crippen LogP contribution in [-0.4, -0.2) is 28.8 Å². The lowest BCUT2D eigenvalue weighted by Crippen LogP contribution is -2.46. The Kier molecular flexibility index (Phi) is 4.84. The molecule has 0 amide bonds. The first-order valence-electron chi connectivity index (χ1n) is 9.71. The predicted octanol–water partition coefficient (Wildman–Crippen LogP) is 3.55. The van der Waals surface area contributed by atoms with Crippen molar-refractivity contribution in [3.63, 3.8) is 0 Å². The number of anilines is 1. The fourth-order valence-electron chi connectivity index (χ4n) is 4.28. The minimum Gasteiger partial charge on any atom is -0.389 e. The summed E-state index contributed by atoms with van der Waals surface area (Å²) in [6.07, 6.45) is 5.89. The lowest BCUT2D eigenvalue weighted by Gasteiger charge is -2.39. The normalized spacial score (nSPS) is 18.6. The van der Waals surface area contributed by atoms with Crippen LogP contribution >= 0.6 is 0 Å². The number of hydrogen-bond donors (Lipinski definition) is 1. The Hall–Kier alpha value is -2.45. The first kappa shape index (κ1) is 17.9. The summed E-state index contributed by atoms with van der Waals surface area (Å²) in [5.41, 5.74) is 2.93. The molecule has 27 heavy (non-hydrogen) atoms. The maximum atomic E-state index is 13.4. The number of aliphatic hydroxyl groups is 1. The highest BCUT2D eigenvalue weighted by Crippen LogP contribution is 2.32. The number of pyridine rings is 1. The van der Waals surface area contributed by atoms with Crippen molar-refractivity contribution in [2.45, 2.75) is 50.5 Å². The Morgan fingerprint density at radius 1 is 1.19 bits per heavy atom. The van der Waals surface area contributed by atoms with Crippen molar-refractivity contribution in [3.8, 4) is 6.07 Å². The van der Waals surface area contributed by atoms with Crippen LogP contribution < -0.4 is 4.90 Å². The van der Waals surface area contributed by atoms with Gasteiger partial charge in [0, 0.05) is 25.2 Å². The minimum atomic E-state index is -0.842. The first-order valence-corrected chi connectivity index (χ1v) is 9.71. The Morgan fingerprint density at radius 3 is 2.70 bits per heavy atom. The van der Waals surface area contributed by atoms with Crippen LogP contribution in [0.2, 0.25) is 0 Å². The van der Waals surface area contributed by atoms with Gasteiger partial charge in [0.1, 0.15) is 17.7 Å². The zero-order valence-electron chi connectivity index (χ0n) is 15.4. The fourth-order valence-corrected chi connectivity index (χ4v) is 4.28. The van der Waals surface area contributed by atoms with Gasteiger partial charge in [0.2, 0.25) is 0 Å². The van der Waals surface area contributed by atoms with Gasteiger partial charge in [-0.2, -0.15) is 5.26 Å². The van der Waals surface area contributed by atoms with Crippen LogP contribution in [0.4, 0.5) is 10.2 Å². The standard InChI is InChI=1S/C22H24FN3O/c23-19-6-3-4-16(12-19)14-22(27)8-10-26(11-9-22)21-18(15-24)13-17-5-1-2-7-20(17)25-21/h3-4,6,12-13,27H,1-2,5,7-11,14H2. The Labute approximate surface area is 159 Å². The van der Waals surface area contributed by atoms with Crippen molar-refractivity contribution in [2.24, 2.45) is 0 Å². The van der Waals surface area contributed by atoms with Gasteiger partial charge in [0.15, 0.2) is 0 Å². The second-order valence-corrected chi connectivity index (χ2v) is 7.80. The van der Waals surface area contributed by atoms with Gasteiger partial charge in [-0.3, -0.25) is 0 Å². The molecule has 0 radical (unpaired) electrons. The summed E-state index contributed by atoms with van der Waals surface area (Å²) in [6.45, 7) is 1.29. The van der Waals surface area contributed by atoms with Gasteiger partial charge >= 0.3 is 0 Å². The maximum Gasteiger partial charge on any atom is 0.146 e. The minimum absolute atomic E-state index is 0.273. The van der Waals surface area contributed by atoms with Crippen LogP contribution in [0, 0.1) is 17.1 Å². The van der Waals surface area contributed by atoms with E-state index in [1.54, 1.807) is 6.07 Å². The summed E-state index contributed by atoms with van der Waals surface area (Å²) in [5.74, 6) is 0.483. The lowest BCUT2D eigenvalue weighted by atomic mass is 9.85. The summed E-state index contributed by atoms with van der Waals surface area (Å²) in [5, 5.41) is 20.5. The molecule has 4 nitrogen and oxygen atoms in total. The second kappa shape index (κ2) is 7.28. The van der Waals surface area contributed by atoms with E-state index in [0.29, 0.717) is 37.9 Å². The number of aromatic nitrogens is 1. The van der Waals surface area contributed by atoms with Crippen LogP contribution in [0.15, 0.2) is 30.3 Å². The van der Waals surface area contributed by atoms with Crippen LogP contribution in [0.1, 0.15) is 48.1 Å². The third kappa shape index (κ3) is 3.81. The number of benzene rings is 1. The highest BCUT2D eigenvalue weighted by atomic mass is 19.1. The Morgan fingerprint density at radius 2 is 1.96 bits per heavy atom. The van der Waals surface area contributed by atoms with Gasteiger partial charge in [-0.05, 0) is 67.9 Å². The number of fused-ring (bicyclic) bond motifs is 1. The van der Waals surface area contributed by atoms with Crippen molar-refractivity contribution in [1.82, 2.24) is 4.98 Å². The van der Waals surface area contributed by atoms with E-state index in [4.69, 9.17) is 4.98 Å². The molecule has 0 saturated carbocycles. The van der Waals surface area contributed by atoms with E-state index in [2.05, 4.69) is 11.0 Å². The number of nitrogens with zero attached hydrogens (tertiary/aromatic N) is 3. The monoisotopic (exact) mass is 365 g/mol. The van der Waals surface area contributed by atoms with Crippen LogP contribution in [0.5, 0.6) is 0 Å². The molecule has 0 bridgehead atoms. The van der Waals surface area contributed by atoms with Crippen LogP contribution in [0.3, 0.4) is 0 Å². The quantitative estimate of drug-likeness (QED) is 0.904. The molecule has 0 unspecified atom stereocenters. The molecule has 0 atom stereocenters. The molecule has 1 aliphatic carbocycles. The van der Waals surface area contributed by atoms with Gasteiger partial charge in [-0.1, -0.05) is 12.1 Å². The van der Waals surface area contributed by atoms with Crippen molar-refractivity contribution in [1.29, 1.82) is 5.26 Å². The molecule has 1 N–H and O–H groups in total. The van der Waals surface area contributed by atoms with Crippen LogP contribution in [0.25, 0.3) is 0 Å². The topological polar surface area (TPSA) is 60.2 Å². The number of halogens is 1.